The van der Waals surface area contributed by atoms with Gasteiger partial charge in [-0.25, -0.2) is 14.3 Å². The Balaban J connectivity index is 0.00000218. The first-order chi connectivity index (χ1) is 14.1. The lowest BCUT2D eigenvalue weighted by molar-refractivity contribution is -0.671. The molecule has 0 unspecified atom stereocenters. The highest BCUT2D eigenvalue weighted by atomic mass is 127. The third-order valence-electron chi connectivity index (χ3n) is 4.27. The summed E-state index contributed by atoms with van der Waals surface area (Å²) < 4.78 is 10.4. The average Bonchev–Trinajstić information content (AvgIpc) is 3.41. The van der Waals surface area contributed by atoms with E-state index in [1.165, 1.54) is 4.52 Å². The van der Waals surface area contributed by atoms with Crippen molar-refractivity contribution < 1.29 is 37.8 Å². The predicted molar refractivity (Wildman–Crippen MR) is 103 cm³/mol. The molecule has 0 aromatic carbocycles. The Hall–Kier alpha value is -3.55. The van der Waals surface area contributed by atoms with E-state index in [1.54, 1.807) is 48.5 Å². The summed E-state index contributed by atoms with van der Waals surface area (Å²) >= 11 is 0. The van der Waals surface area contributed by atoms with Crippen molar-refractivity contribution in [3.05, 3.63) is 49.1 Å². The number of nitrogens with one attached hydrogen (secondary N) is 2. The molecule has 5 rings (SSSR count). The van der Waals surface area contributed by atoms with Crippen LogP contribution >= 0.6 is 0 Å². The minimum atomic E-state index is -0.460. The molecular weight excluding hydrogens is 501 g/mol. The van der Waals surface area contributed by atoms with Crippen LogP contribution in [-0.4, -0.2) is 35.4 Å². The second kappa shape index (κ2) is 7.70. The third-order valence-corrected chi connectivity index (χ3v) is 4.27. The van der Waals surface area contributed by atoms with Gasteiger partial charge in [0.05, 0.1) is 17.3 Å². The number of fused-ring (bicyclic) bond motifs is 3. The van der Waals surface area contributed by atoms with Gasteiger partial charge in [0.25, 0.3) is 0 Å². The highest BCUT2D eigenvalue weighted by Crippen LogP contribution is 2.23. The number of carbonyl (C=O) groups is 1. The van der Waals surface area contributed by atoms with Gasteiger partial charge in [0, 0.05) is 25.4 Å². The SMILES string of the molecule is Cn1cc2c(nc(NC(=O)Nc3cc[n+](C)cc3)n3nc(-c4ccco4)nc23)n1.[I-]. The number of carbonyl (C=O) groups excluding carboxylic acids is 1. The fourth-order valence-electron chi connectivity index (χ4n) is 2.94. The van der Waals surface area contributed by atoms with Crippen LogP contribution in [-0.2, 0) is 14.1 Å². The van der Waals surface area contributed by atoms with Gasteiger partial charge in [-0.05, 0) is 12.1 Å². The van der Waals surface area contributed by atoms with Gasteiger partial charge in [-0.15, -0.1) is 5.10 Å². The topological polar surface area (TPSA) is 119 Å². The lowest BCUT2D eigenvalue weighted by Crippen LogP contribution is -3.00. The average molecular weight is 517 g/mol. The van der Waals surface area contributed by atoms with Gasteiger partial charge < -0.3 is 33.7 Å². The number of hydrogen-bond donors (Lipinski definition) is 2. The zero-order valence-corrected chi connectivity index (χ0v) is 18.1. The molecule has 11 nitrogen and oxygen atoms in total. The van der Waals surface area contributed by atoms with Crippen molar-refractivity contribution in [3.63, 3.8) is 0 Å². The summed E-state index contributed by atoms with van der Waals surface area (Å²) in [7, 11) is 3.69. The normalized spacial score (nSPS) is 10.9. The summed E-state index contributed by atoms with van der Waals surface area (Å²) in [5.74, 6) is 1.08. The maximum absolute atomic E-state index is 12.5. The second-order valence-electron chi connectivity index (χ2n) is 6.45. The minimum Gasteiger partial charge on any atom is -1.00 e. The van der Waals surface area contributed by atoms with Crippen LogP contribution in [0.2, 0.25) is 0 Å². The smallest absolute Gasteiger partial charge is 0.326 e. The number of nitrogens with zero attached hydrogens (tertiary/aromatic N) is 7. The Morgan fingerprint density at radius 2 is 1.93 bits per heavy atom. The Labute approximate surface area is 186 Å². The number of aromatic nitrogens is 7. The zero-order chi connectivity index (χ0) is 20.0. The quantitative estimate of drug-likeness (QED) is 0.228. The number of amides is 2. The Bertz CT molecular complexity index is 1340. The van der Waals surface area contributed by atoms with E-state index in [9.17, 15) is 4.79 Å². The molecule has 2 N–H and O–H groups in total. The van der Waals surface area contributed by atoms with E-state index in [2.05, 4.69) is 30.8 Å². The van der Waals surface area contributed by atoms with Crippen molar-refractivity contribution in [1.29, 1.82) is 0 Å². The first kappa shape index (κ1) is 19.8. The molecule has 0 fully saturated rings. The van der Waals surface area contributed by atoms with Crippen LogP contribution in [0.15, 0.2) is 53.5 Å². The lowest BCUT2D eigenvalue weighted by atomic mass is 10.4. The molecule has 0 aliphatic rings. The molecule has 0 radical (unpaired) electrons. The van der Waals surface area contributed by atoms with Gasteiger partial charge in [-0.3, -0.25) is 10.00 Å². The number of urea groups is 1. The van der Waals surface area contributed by atoms with E-state index in [0.29, 0.717) is 34.0 Å². The van der Waals surface area contributed by atoms with Crippen molar-refractivity contribution in [3.8, 4) is 11.6 Å². The molecule has 5 aromatic heterocycles. The number of aryl methyl sites for hydroxylation is 2. The number of hydrogen-bond acceptors (Lipinski definition) is 6. The summed E-state index contributed by atoms with van der Waals surface area (Å²) in [6, 6.07) is 6.63. The molecule has 0 bridgehead atoms. The molecule has 30 heavy (non-hydrogen) atoms. The second-order valence-corrected chi connectivity index (χ2v) is 6.45. The summed E-state index contributed by atoms with van der Waals surface area (Å²) in [6.45, 7) is 0. The van der Waals surface area contributed by atoms with Crippen LogP contribution in [0.4, 0.5) is 16.4 Å². The predicted octanol–water partition coefficient (Wildman–Crippen LogP) is -1.26. The highest BCUT2D eigenvalue weighted by Gasteiger charge is 2.19. The van der Waals surface area contributed by atoms with Crippen LogP contribution in [0.3, 0.4) is 0 Å². The van der Waals surface area contributed by atoms with Crippen molar-refractivity contribution in [1.82, 2.24) is 29.4 Å². The van der Waals surface area contributed by atoms with Crippen molar-refractivity contribution >= 4 is 34.3 Å². The Morgan fingerprint density at radius 3 is 2.67 bits per heavy atom. The van der Waals surface area contributed by atoms with Crippen molar-refractivity contribution in [2.24, 2.45) is 14.1 Å². The molecule has 0 aliphatic heterocycles. The molecule has 0 saturated carbocycles. The fraction of sp³-hybridized carbons (Fsp3) is 0.111. The number of pyridine rings is 1. The molecule has 12 heteroatoms. The molecule has 5 heterocycles. The molecule has 0 atom stereocenters. The van der Waals surface area contributed by atoms with Crippen molar-refractivity contribution in [2.45, 2.75) is 0 Å². The van der Waals surface area contributed by atoms with E-state index < -0.39 is 6.03 Å². The van der Waals surface area contributed by atoms with Gasteiger partial charge in [0.2, 0.25) is 11.8 Å². The first-order valence-electron chi connectivity index (χ1n) is 8.74. The zero-order valence-electron chi connectivity index (χ0n) is 15.9. The van der Waals surface area contributed by atoms with Crippen LogP contribution < -0.4 is 39.2 Å². The molecule has 0 saturated heterocycles. The van der Waals surface area contributed by atoms with Crippen molar-refractivity contribution in [2.75, 3.05) is 10.6 Å². The summed E-state index contributed by atoms with van der Waals surface area (Å²) in [4.78, 5) is 21.5. The molecule has 0 spiro atoms. The summed E-state index contributed by atoms with van der Waals surface area (Å²) in [5.41, 5.74) is 1.60. The molecular formula is C18H16IN9O2. The number of halogens is 1. The Morgan fingerprint density at radius 1 is 1.13 bits per heavy atom. The first-order valence-corrected chi connectivity index (χ1v) is 8.74. The number of furan rings is 1. The summed E-state index contributed by atoms with van der Waals surface area (Å²) in [5, 5.41) is 15.0. The van der Waals surface area contributed by atoms with Crippen LogP contribution in [0.1, 0.15) is 0 Å². The van der Waals surface area contributed by atoms with E-state index in [4.69, 9.17) is 4.42 Å². The van der Waals surface area contributed by atoms with Crippen LogP contribution in [0.5, 0.6) is 0 Å². The van der Waals surface area contributed by atoms with E-state index in [1.807, 2.05) is 24.0 Å². The van der Waals surface area contributed by atoms with Gasteiger partial charge in [0.1, 0.15) is 7.05 Å². The maximum Gasteiger partial charge on any atom is 0.326 e. The van der Waals surface area contributed by atoms with Gasteiger partial charge in [0.15, 0.2) is 29.4 Å². The van der Waals surface area contributed by atoms with Gasteiger partial charge in [-0.1, -0.05) is 0 Å². The van der Waals surface area contributed by atoms with Gasteiger partial charge >= 0.3 is 6.03 Å². The van der Waals surface area contributed by atoms with Crippen LogP contribution in [0.25, 0.3) is 28.3 Å². The van der Waals surface area contributed by atoms with E-state index in [-0.39, 0.29) is 29.9 Å². The third kappa shape index (κ3) is 3.56. The lowest BCUT2D eigenvalue weighted by Gasteiger charge is -2.07. The highest BCUT2D eigenvalue weighted by molar-refractivity contribution is 6.00. The standard InChI is InChI=1S/C18H15N9O2.HI/c1-25-7-5-11(6-8-25)19-18(28)22-17-21-14-12(10-26(2)23-14)16-20-15(24-27(16)17)13-4-3-9-29-13;/h3-10H,1-2H3,(H,21,22,23,28);1H. The number of rotatable bonds is 3. The summed E-state index contributed by atoms with van der Waals surface area (Å²) in [6.07, 6.45) is 7.01. The minimum absolute atomic E-state index is 0. The molecule has 152 valence electrons. The largest absolute Gasteiger partial charge is 1.00 e. The molecule has 0 aliphatic carbocycles. The fourth-order valence-corrected chi connectivity index (χ4v) is 2.94. The van der Waals surface area contributed by atoms with E-state index >= 15 is 0 Å². The maximum atomic E-state index is 12.5. The van der Waals surface area contributed by atoms with Crippen LogP contribution in [0, 0.1) is 0 Å². The monoisotopic (exact) mass is 517 g/mol. The number of anilines is 2. The molecule has 2 amide bonds. The van der Waals surface area contributed by atoms with E-state index in [0.717, 1.165) is 0 Å². The Kier molecular flexibility index (Phi) is 5.07. The van der Waals surface area contributed by atoms with Gasteiger partial charge in [-0.2, -0.15) is 14.6 Å². The molecule has 5 aromatic rings.